The Bertz CT molecular complexity index is 1250. The number of oxazole rings is 1. The molecule has 0 atom stereocenters. The van der Waals surface area contributed by atoms with Crippen molar-refractivity contribution < 1.29 is 33.3 Å². The lowest BCUT2D eigenvalue weighted by Crippen LogP contribution is -2.26. The summed E-state index contributed by atoms with van der Waals surface area (Å²) >= 11 is 0. The molecule has 10 heteroatoms. The molecule has 10 nitrogen and oxygen atoms in total. The van der Waals surface area contributed by atoms with Crippen LogP contribution in [0.25, 0.3) is 11.5 Å². The number of hydrogen-bond donors (Lipinski definition) is 2. The van der Waals surface area contributed by atoms with E-state index in [9.17, 15) is 9.59 Å². The highest BCUT2D eigenvalue weighted by Crippen LogP contribution is 2.25. The minimum Gasteiger partial charge on any atom is -0.493 e. The van der Waals surface area contributed by atoms with E-state index in [0.717, 1.165) is 40.4 Å². The first-order chi connectivity index (χ1) is 19.1. The maximum atomic E-state index is 12.0. The average molecular weight is 554 g/mol. The molecule has 0 unspecified atom stereocenters. The van der Waals surface area contributed by atoms with Gasteiger partial charge in [-0.3, -0.25) is 4.79 Å². The lowest BCUT2D eigenvalue weighted by molar-refractivity contribution is -0.136. The summed E-state index contributed by atoms with van der Waals surface area (Å²) in [6, 6.07) is 13.1. The first kappa shape index (κ1) is 30.5. The molecule has 216 valence electrons. The maximum Gasteiger partial charge on any atom is 0.407 e. The second-order valence-corrected chi connectivity index (χ2v) is 9.93. The number of hydrogen-bond acceptors (Lipinski definition) is 8. The third-order valence-electron chi connectivity index (χ3n) is 5.96. The summed E-state index contributed by atoms with van der Waals surface area (Å²) < 4.78 is 22.8. The second kappa shape index (κ2) is 14.9. The predicted molar refractivity (Wildman–Crippen MR) is 151 cm³/mol. The van der Waals surface area contributed by atoms with Crippen LogP contribution in [0.1, 0.15) is 42.8 Å². The summed E-state index contributed by atoms with van der Waals surface area (Å²) in [5.41, 5.74) is 3.26. The van der Waals surface area contributed by atoms with Crippen LogP contribution in [-0.4, -0.2) is 67.0 Å². The molecule has 2 N–H and O–H groups in total. The molecular weight excluding hydrogens is 514 g/mol. The van der Waals surface area contributed by atoms with Gasteiger partial charge in [-0.15, -0.1) is 0 Å². The van der Waals surface area contributed by atoms with E-state index in [-0.39, 0.29) is 19.1 Å². The summed E-state index contributed by atoms with van der Waals surface area (Å²) in [6.45, 7) is 7.43. The van der Waals surface area contributed by atoms with Crippen LogP contribution in [0.3, 0.4) is 0 Å². The van der Waals surface area contributed by atoms with Gasteiger partial charge in [0.1, 0.15) is 23.9 Å². The van der Waals surface area contributed by atoms with E-state index in [1.807, 2.05) is 57.4 Å². The summed E-state index contributed by atoms with van der Waals surface area (Å²) in [6.07, 6.45) is 0.0952. The van der Waals surface area contributed by atoms with Crippen LogP contribution in [0.2, 0.25) is 0 Å². The lowest BCUT2D eigenvalue weighted by atomic mass is 10.0. The van der Waals surface area contributed by atoms with Crippen molar-refractivity contribution in [2.45, 2.75) is 52.7 Å². The van der Waals surface area contributed by atoms with Crippen molar-refractivity contribution in [3.63, 3.8) is 0 Å². The van der Waals surface area contributed by atoms with Crippen LogP contribution >= 0.6 is 0 Å². The molecule has 0 spiro atoms. The Morgan fingerprint density at radius 1 is 1.00 bits per heavy atom. The van der Waals surface area contributed by atoms with Crippen LogP contribution in [0.15, 0.2) is 46.9 Å². The number of carbonyl (C=O) groups excluding carboxylic acids is 1. The number of amides is 1. The van der Waals surface area contributed by atoms with Crippen molar-refractivity contribution in [1.82, 2.24) is 15.2 Å². The number of likely N-dealkylation sites (N-methyl/N-ethyl adjacent to an activating group) is 1. The van der Waals surface area contributed by atoms with Gasteiger partial charge in [-0.25, -0.2) is 9.78 Å². The van der Waals surface area contributed by atoms with Crippen molar-refractivity contribution in [3.05, 3.63) is 65.0 Å². The number of nitrogens with one attached hydrogen (secondary N) is 1. The molecule has 0 aliphatic rings. The summed E-state index contributed by atoms with van der Waals surface area (Å²) in [5, 5.41) is 11.8. The fourth-order valence-corrected chi connectivity index (χ4v) is 3.85. The van der Waals surface area contributed by atoms with Crippen LogP contribution < -0.4 is 14.8 Å². The fraction of sp³-hybridized carbons (Fsp3) is 0.433. The number of carbonyl (C=O) groups is 2. The number of aromatic nitrogens is 1. The van der Waals surface area contributed by atoms with E-state index in [0.29, 0.717) is 37.7 Å². The van der Waals surface area contributed by atoms with Crippen LogP contribution in [0.4, 0.5) is 4.79 Å². The molecule has 2 aromatic carbocycles. The van der Waals surface area contributed by atoms with Crippen LogP contribution in [0, 0.1) is 6.92 Å². The second-order valence-electron chi connectivity index (χ2n) is 9.93. The number of rotatable bonds is 15. The zero-order chi connectivity index (χ0) is 29.1. The summed E-state index contributed by atoms with van der Waals surface area (Å²) in [5.74, 6) is 1.78. The van der Waals surface area contributed by atoms with Crippen LogP contribution in [-0.2, 0) is 28.9 Å². The fourth-order valence-electron chi connectivity index (χ4n) is 3.85. The van der Waals surface area contributed by atoms with Crippen molar-refractivity contribution >= 4 is 12.1 Å². The van der Waals surface area contributed by atoms with Gasteiger partial charge in [0.15, 0.2) is 0 Å². The van der Waals surface area contributed by atoms with Crippen LogP contribution in [0.5, 0.6) is 11.5 Å². The quantitative estimate of drug-likeness (QED) is 0.271. The SMILES string of the molecule is Cc1oc(-c2ccc(OCCN(C)C)cc2)nc1CCOc1ccc(CCC(=O)O)c(CNC(=O)OC(C)C)c1. The highest BCUT2D eigenvalue weighted by molar-refractivity contribution is 5.68. The smallest absolute Gasteiger partial charge is 0.407 e. The first-order valence-electron chi connectivity index (χ1n) is 13.4. The molecule has 0 radical (unpaired) electrons. The van der Waals surface area contributed by atoms with E-state index < -0.39 is 12.1 Å². The predicted octanol–water partition coefficient (Wildman–Crippen LogP) is 4.86. The van der Waals surface area contributed by atoms with Crippen molar-refractivity contribution in [2.75, 3.05) is 33.9 Å². The Hall–Kier alpha value is -4.05. The van der Waals surface area contributed by atoms with Crippen molar-refractivity contribution in [3.8, 4) is 23.0 Å². The van der Waals surface area contributed by atoms with Gasteiger partial charge >= 0.3 is 12.1 Å². The topological polar surface area (TPSA) is 123 Å². The number of carboxylic acid groups (broad SMARTS) is 1. The number of carboxylic acids is 1. The normalized spacial score (nSPS) is 11.1. The number of benzene rings is 2. The average Bonchev–Trinajstić information content (AvgIpc) is 3.26. The number of ether oxygens (including phenoxy) is 3. The largest absolute Gasteiger partial charge is 0.493 e. The minimum atomic E-state index is -0.884. The van der Waals surface area contributed by atoms with E-state index in [2.05, 4.69) is 15.2 Å². The molecule has 0 saturated carbocycles. The Kier molecular flexibility index (Phi) is 11.4. The number of aliphatic carboxylic acids is 1. The zero-order valence-corrected chi connectivity index (χ0v) is 23.9. The van der Waals surface area contributed by atoms with Gasteiger partial charge in [0.05, 0.1) is 18.4 Å². The first-order valence-corrected chi connectivity index (χ1v) is 13.4. The van der Waals surface area contributed by atoms with Gasteiger partial charge in [-0.05, 0) is 88.8 Å². The van der Waals surface area contributed by atoms with E-state index in [1.165, 1.54) is 0 Å². The number of nitrogens with zero attached hydrogens (tertiary/aromatic N) is 2. The highest BCUT2D eigenvalue weighted by Gasteiger charge is 2.14. The Balaban J connectivity index is 1.60. The standard InChI is InChI=1S/C30H39N3O7/c1-20(2)39-30(36)31-19-24-18-26(12-6-22(24)9-13-28(34)35)37-16-14-27-21(3)40-29(32-27)23-7-10-25(11-8-23)38-17-15-33(4)5/h6-8,10-12,18,20H,9,13-17,19H2,1-5H3,(H,31,36)(H,34,35). The van der Waals surface area contributed by atoms with Gasteiger partial charge in [0, 0.05) is 31.5 Å². The molecule has 1 aromatic heterocycles. The van der Waals surface area contributed by atoms with Gasteiger partial charge in [0.25, 0.3) is 0 Å². The molecule has 3 rings (SSSR count). The molecular formula is C30H39N3O7. The van der Waals surface area contributed by atoms with Gasteiger partial charge in [0.2, 0.25) is 5.89 Å². The minimum absolute atomic E-state index is 0.0103. The molecule has 0 bridgehead atoms. The number of alkyl carbamates (subject to hydrolysis) is 1. The molecule has 0 aliphatic carbocycles. The highest BCUT2D eigenvalue weighted by atomic mass is 16.6. The van der Waals surface area contributed by atoms with Crippen molar-refractivity contribution in [2.24, 2.45) is 0 Å². The van der Waals surface area contributed by atoms with Crippen molar-refractivity contribution in [1.29, 1.82) is 0 Å². The summed E-state index contributed by atoms with van der Waals surface area (Å²) in [4.78, 5) is 29.7. The number of aryl methyl sites for hydroxylation is 2. The lowest BCUT2D eigenvalue weighted by Gasteiger charge is -2.14. The molecule has 0 saturated heterocycles. The monoisotopic (exact) mass is 553 g/mol. The molecule has 3 aromatic rings. The Labute approximate surface area is 235 Å². The maximum absolute atomic E-state index is 12.0. The summed E-state index contributed by atoms with van der Waals surface area (Å²) in [7, 11) is 4.01. The third-order valence-corrected chi connectivity index (χ3v) is 5.96. The van der Waals surface area contributed by atoms with Gasteiger partial charge in [-0.2, -0.15) is 0 Å². The van der Waals surface area contributed by atoms with E-state index >= 15 is 0 Å². The molecule has 1 amide bonds. The third kappa shape index (κ3) is 9.92. The van der Waals surface area contributed by atoms with E-state index in [4.69, 9.17) is 23.7 Å². The Morgan fingerprint density at radius 2 is 1.70 bits per heavy atom. The van der Waals surface area contributed by atoms with Gasteiger partial charge < -0.3 is 34.0 Å². The Morgan fingerprint density at radius 3 is 2.38 bits per heavy atom. The molecule has 40 heavy (non-hydrogen) atoms. The molecule has 0 aliphatic heterocycles. The molecule has 0 fully saturated rings. The van der Waals surface area contributed by atoms with E-state index in [1.54, 1.807) is 19.9 Å². The molecule has 1 heterocycles. The van der Waals surface area contributed by atoms with Gasteiger partial charge in [-0.1, -0.05) is 6.07 Å². The zero-order valence-electron chi connectivity index (χ0n) is 23.9.